The molecule has 1 heterocycles. The normalized spacial score (nSPS) is 10.1. The van der Waals surface area contributed by atoms with Gasteiger partial charge in [-0.25, -0.2) is 0 Å². The summed E-state index contributed by atoms with van der Waals surface area (Å²) in [6.45, 7) is 6.12. The van der Waals surface area contributed by atoms with Crippen molar-refractivity contribution in [2.24, 2.45) is 0 Å². The fourth-order valence-electron chi connectivity index (χ4n) is 1.47. The van der Waals surface area contributed by atoms with E-state index in [9.17, 15) is 4.79 Å². The zero-order chi connectivity index (χ0) is 14.4. The molecule has 0 atom stereocenters. The van der Waals surface area contributed by atoms with Gasteiger partial charge in [-0.1, -0.05) is 24.7 Å². The van der Waals surface area contributed by atoms with Crippen molar-refractivity contribution >= 4 is 18.1 Å². The molecule has 0 radical (unpaired) electrons. The first-order valence-electron chi connectivity index (χ1n) is 6.19. The molecular formula is C13H15N5O2. The minimum Gasteiger partial charge on any atom is -0.494 e. The van der Waals surface area contributed by atoms with Gasteiger partial charge in [-0.15, -0.1) is 9.90 Å². The van der Waals surface area contributed by atoms with Crippen molar-refractivity contribution in [1.82, 2.24) is 20.2 Å². The van der Waals surface area contributed by atoms with Gasteiger partial charge in [-0.3, -0.25) is 10.1 Å². The van der Waals surface area contributed by atoms with Crippen LogP contribution in [0.2, 0.25) is 0 Å². The number of carbonyl (C=O) groups excluding carboxylic acids is 1. The second-order valence-electron chi connectivity index (χ2n) is 3.95. The highest BCUT2D eigenvalue weighted by Gasteiger charge is 2.10. The van der Waals surface area contributed by atoms with E-state index in [0.717, 1.165) is 11.2 Å². The van der Waals surface area contributed by atoms with Crippen LogP contribution in [0.3, 0.4) is 0 Å². The zero-order valence-corrected chi connectivity index (χ0v) is 11.1. The number of nitrogens with zero attached hydrogens (tertiary/aromatic N) is 4. The number of rotatable bonds is 6. The van der Waals surface area contributed by atoms with Crippen LogP contribution in [-0.2, 0) is 0 Å². The lowest BCUT2D eigenvalue weighted by Crippen LogP contribution is -2.13. The van der Waals surface area contributed by atoms with Crippen molar-refractivity contribution < 1.29 is 9.53 Å². The first-order chi connectivity index (χ1) is 9.72. The molecular weight excluding hydrogens is 258 g/mol. The standard InChI is InChI=1S/C13H15N5O2/c1-3-8-20-11-7-5-6-10(9-11)12(19)14-13-15-17-18(4-2)16-13/h4-7,9H,2-3,8H2,1H3,(H,14,16,19). The van der Waals surface area contributed by atoms with Crippen molar-refractivity contribution in [3.63, 3.8) is 0 Å². The number of amides is 1. The van der Waals surface area contributed by atoms with Crippen LogP contribution in [0.4, 0.5) is 5.95 Å². The Labute approximate surface area is 116 Å². The molecule has 7 nitrogen and oxygen atoms in total. The average molecular weight is 273 g/mol. The maximum absolute atomic E-state index is 12.0. The van der Waals surface area contributed by atoms with Crippen LogP contribution in [0, 0.1) is 0 Å². The summed E-state index contributed by atoms with van der Waals surface area (Å²) in [5.41, 5.74) is 0.466. The molecule has 0 bridgehead atoms. The molecule has 1 amide bonds. The maximum Gasteiger partial charge on any atom is 0.270 e. The summed E-state index contributed by atoms with van der Waals surface area (Å²) in [5.74, 6) is 0.451. The number of hydrogen-bond donors (Lipinski definition) is 1. The van der Waals surface area contributed by atoms with Crippen LogP contribution in [0.5, 0.6) is 5.75 Å². The van der Waals surface area contributed by atoms with Gasteiger partial charge in [0.1, 0.15) is 5.75 Å². The summed E-state index contributed by atoms with van der Waals surface area (Å²) >= 11 is 0. The summed E-state index contributed by atoms with van der Waals surface area (Å²) in [4.78, 5) is 13.2. The lowest BCUT2D eigenvalue weighted by atomic mass is 10.2. The smallest absolute Gasteiger partial charge is 0.270 e. The molecule has 0 fully saturated rings. The van der Waals surface area contributed by atoms with E-state index in [1.54, 1.807) is 24.3 Å². The van der Waals surface area contributed by atoms with Crippen molar-refractivity contribution in [3.8, 4) is 5.75 Å². The quantitative estimate of drug-likeness (QED) is 0.868. The third-order valence-corrected chi connectivity index (χ3v) is 2.39. The Morgan fingerprint density at radius 1 is 1.55 bits per heavy atom. The van der Waals surface area contributed by atoms with E-state index in [-0.39, 0.29) is 11.9 Å². The summed E-state index contributed by atoms with van der Waals surface area (Å²) in [5, 5.41) is 13.8. The molecule has 7 heteroatoms. The molecule has 1 aromatic heterocycles. The Hall–Kier alpha value is -2.70. The number of ether oxygens (including phenoxy) is 1. The van der Waals surface area contributed by atoms with E-state index in [1.807, 2.05) is 6.92 Å². The van der Waals surface area contributed by atoms with Gasteiger partial charge in [-0.05, 0) is 29.8 Å². The van der Waals surface area contributed by atoms with E-state index in [4.69, 9.17) is 4.74 Å². The van der Waals surface area contributed by atoms with Crippen LogP contribution in [0.1, 0.15) is 23.7 Å². The van der Waals surface area contributed by atoms with Gasteiger partial charge < -0.3 is 4.74 Å². The lowest BCUT2D eigenvalue weighted by Gasteiger charge is -2.06. The average Bonchev–Trinajstić information content (AvgIpc) is 2.93. The number of benzene rings is 1. The second kappa shape index (κ2) is 6.46. The van der Waals surface area contributed by atoms with Gasteiger partial charge in [0, 0.05) is 11.8 Å². The molecule has 0 spiro atoms. The molecule has 0 unspecified atom stereocenters. The number of nitrogens with one attached hydrogen (secondary N) is 1. The van der Waals surface area contributed by atoms with E-state index in [0.29, 0.717) is 17.9 Å². The number of hydrogen-bond acceptors (Lipinski definition) is 5. The van der Waals surface area contributed by atoms with E-state index < -0.39 is 0 Å². The molecule has 2 rings (SSSR count). The van der Waals surface area contributed by atoms with Gasteiger partial charge in [-0.2, -0.15) is 0 Å². The van der Waals surface area contributed by atoms with Gasteiger partial charge in [0.2, 0.25) is 0 Å². The molecule has 2 aromatic rings. The number of carbonyl (C=O) groups is 1. The van der Waals surface area contributed by atoms with E-state index in [2.05, 4.69) is 27.3 Å². The first-order valence-corrected chi connectivity index (χ1v) is 6.19. The summed E-state index contributed by atoms with van der Waals surface area (Å²) in [6.07, 6.45) is 2.28. The highest BCUT2D eigenvalue weighted by atomic mass is 16.5. The Morgan fingerprint density at radius 2 is 2.40 bits per heavy atom. The van der Waals surface area contributed by atoms with Gasteiger partial charge >= 0.3 is 0 Å². The van der Waals surface area contributed by atoms with Crippen LogP contribution in [0.15, 0.2) is 30.8 Å². The molecule has 1 aromatic carbocycles. The van der Waals surface area contributed by atoms with Crippen LogP contribution < -0.4 is 10.1 Å². The molecule has 0 saturated carbocycles. The van der Waals surface area contributed by atoms with Gasteiger partial charge in [0.15, 0.2) is 0 Å². The Kier molecular flexibility index (Phi) is 4.43. The van der Waals surface area contributed by atoms with Gasteiger partial charge in [0.05, 0.1) is 6.61 Å². The highest BCUT2D eigenvalue weighted by molar-refractivity contribution is 6.03. The number of aromatic nitrogens is 4. The van der Waals surface area contributed by atoms with Crippen LogP contribution in [-0.4, -0.2) is 32.7 Å². The summed E-state index contributed by atoms with van der Waals surface area (Å²) in [7, 11) is 0. The predicted octanol–water partition coefficient (Wildman–Crippen LogP) is 1.81. The maximum atomic E-state index is 12.0. The molecule has 0 aliphatic carbocycles. The second-order valence-corrected chi connectivity index (χ2v) is 3.95. The van der Waals surface area contributed by atoms with Crippen molar-refractivity contribution in [2.75, 3.05) is 11.9 Å². The minimum absolute atomic E-state index is 0.120. The van der Waals surface area contributed by atoms with Crippen molar-refractivity contribution in [2.45, 2.75) is 13.3 Å². The Bertz CT molecular complexity index is 608. The topological polar surface area (TPSA) is 81.9 Å². The molecule has 0 aliphatic rings. The van der Waals surface area contributed by atoms with Crippen molar-refractivity contribution in [3.05, 3.63) is 36.4 Å². The molecule has 0 aliphatic heterocycles. The third-order valence-electron chi connectivity index (χ3n) is 2.39. The first kappa shape index (κ1) is 13.7. The highest BCUT2D eigenvalue weighted by Crippen LogP contribution is 2.14. The third kappa shape index (κ3) is 3.41. The molecule has 104 valence electrons. The van der Waals surface area contributed by atoms with E-state index >= 15 is 0 Å². The fraction of sp³-hybridized carbons (Fsp3) is 0.231. The van der Waals surface area contributed by atoms with E-state index in [1.165, 1.54) is 6.20 Å². The fourth-order valence-corrected chi connectivity index (χ4v) is 1.47. The summed E-state index contributed by atoms with van der Waals surface area (Å²) in [6, 6.07) is 6.92. The molecule has 0 saturated heterocycles. The van der Waals surface area contributed by atoms with Crippen LogP contribution >= 0.6 is 0 Å². The Balaban J connectivity index is 2.06. The minimum atomic E-state index is -0.324. The number of anilines is 1. The SMILES string of the molecule is C=Cn1nnc(NC(=O)c2cccc(OCCC)c2)n1. The zero-order valence-electron chi connectivity index (χ0n) is 11.1. The van der Waals surface area contributed by atoms with Crippen molar-refractivity contribution in [1.29, 1.82) is 0 Å². The van der Waals surface area contributed by atoms with Gasteiger partial charge in [0.25, 0.3) is 11.9 Å². The molecule has 1 N–H and O–H groups in total. The van der Waals surface area contributed by atoms with Crippen LogP contribution in [0.25, 0.3) is 6.20 Å². The Morgan fingerprint density at radius 3 is 3.10 bits per heavy atom. The summed E-state index contributed by atoms with van der Waals surface area (Å²) < 4.78 is 5.48. The number of tetrazole rings is 1. The lowest BCUT2D eigenvalue weighted by molar-refractivity contribution is 0.102. The molecule has 20 heavy (non-hydrogen) atoms. The largest absolute Gasteiger partial charge is 0.494 e. The predicted molar refractivity (Wildman–Crippen MR) is 74.4 cm³/mol. The monoisotopic (exact) mass is 273 g/mol.